The van der Waals surface area contributed by atoms with Gasteiger partial charge in [-0.3, -0.25) is 0 Å². The monoisotopic (exact) mass is 652 g/mol. The van der Waals surface area contributed by atoms with Crippen molar-refractivity contribution in [1.29, 1.82) is 0 Å². The number of halogens is 3. The van der Waals surface area contributed by atoms with Crippen molar-refractivity contribution in [1.82, 2.24) is 29.2 Å². The summed E-state index contributed by atoms with van der Waals surface area (Å²) < 4.78 is 5.57. The maximum atomic E-state index is 9.13. The number of fused-ring (bicyclic) bond motifs is 2. The first-order chi connectivity index (χ1) is 18.4. The lowest BCUT2D eigenvalue weighted by atomic mass is 10.1. The van der Waals surface area contributed by atoms with Gasteiger partial charge in [-0.05, 0) is 60.4 Å². The lowest BCUT2D eigenvalue weighted by Gasteiger charge is -2.02. The third-order valence-corrected chi connectivity index (χ3v) is 8.17. The maximum Gasteiger partial charge on any atom is 0.182 e. The highest BCUT2D eigenvalue weighted by molar-refractivity contribution is 9.10. The van der Waals surface area contributed by atoms with E-state index in [0.29, 0.717) is 11.7 Å². The molecule has 6 aromatic rings. The van der Waals surface area contributed by atoms with Gasteiger partial charge >= 0.3 is 0 Å². The first kappa shape index (κ1) is 26.5. The van der Waals surface area contributed by atoms with Crippen molar-refractivity contribution in [3.8, 4) is 22.8 Å². The summed E-state index contributed by atoms with van der Waals surface area (Å²) in [5.74, 6) is 1.89. The molecule has 6 rings (SSSR count). The number of hydrogen-bond donors (Lipinski definition) is 1. The number of hydrogen-bond acceptors (Lipinski definition) is 5. The van der Waals surface area contributed by atoms with Crippen molar-refractivity contribution in [3.63, 3.8) is 0 Å². The zero-order chi connectivity index (χ0) is 26.8. The topological polar surface area (TPSA) is 80.6 Å². The smallest absolute Gasteiger partial charge is 0.182 e. The molecule has 0 aliphatic carbocycles. The third kappa shape index (κ3) is 5.37. The Bertz CT molecular complexity index is 1630. The quantitative estimate of drug-likeness (QED) is 0.204. The minimum Gasteiger partial charge on any atom is -0.392 e. The molecule has 0 unspecified atom stereocenters. The fourth-order valence-corrected chi connectivity index (χ4v) is 4.84. The summed E-state index contributed by atoms with van der Waals surface area (Å²) in [6, 6.07) is 19.6. The van der Waals surface area contributed by atoms with Crippen molar-refractivity contribution < 1.29 is 5.11 Å². The minimum atomic E-state index is 0.00104. The zero-order valence-corrected chi connectivity index (χ0v) is 24.5. The highest BCUT2D eigenvalue weighted by atomic mass is 79.9. The summed E-state index contributed by atoms with van der Waals surface area (Å²) >= 11 is 12.9. The highest BCUT2D eigenvalue weighted by Gasteiger charge is 2.12. The van der Waals surface area contributed by atoms with Gasteiger partial charge < -0.3 is 5.11 Å². The molecule has 0 aliphatic rings. The molecule has 1 N–H and O–H groups in total. The van der Waals surface area contributed by atoms with E-state index in [1.54, 1.807) is 15.2 Å². The van der Waals surface area contributed by atoms with E-state index in [0.717, 1.165) is 59.4 Å². The Balaban J connectivity index is 0.000000155. The van der Waals surface area contributed by atoms with Crippen molar-refractivity contribution in [2.75, 3.05) is 0 Å². The zero-order valence-electron chi connectivity index (χ0n) is 20.6. The van der Waals surface area contributed by atoms with Gasteiger partial charge in [0.1, 0.15) is 0 Å². The molecule has 0 spiro atoms. The number of alkyl halides is 1. The van der Waals surface area contributed by atoms with Gasteiger partial charge in [0.25, 0.3) is 0 Å². The molecule has 0 saturated heterocycles. The largest absolute Gasteiger partial charge is 0.392 e. The number of pyridine rings is 2. The number of nitrogens with zero attached hydrogens (tertiary/aromatic N) is 6. The third-order valence-electron chi connectivity index (χ3n) is 6.14. The molecule has 38 heavy (non-hydrogen) atoms. The molecular weight excluding hydrogens is 632 g/mol. The highest BCUT2D eigenvalue weighted by Crippen LogP contribution is 2.28. The molecule has 2 aromatic carbocycles. The molecule has 4 aromatic heterocycles. The Morgan fingerprint density at radius 2 is 1.18 bits per heavy atom. The summed E-state index contributed by atoms with van der Waals surface area (Å²) in [4.78, 5) is 9.06. The maximum absolute atomic E-state index is 9.13. The van der Waals surface area contributed by atoms with E-state index >= 15 is 0 Å². The average molecular weight is 655 g/mol. The van der Waals surface area contributed by atoms with E-state index in [1.807, 2.05) is 73.8 Å². The van der Waals surface area contributed by atoms with E-state index in [4.69, 9.17) is 16.7 Å². The molecule has 0 saturated carbocycles. The predicted molar refractivity (Wildman–Crippen MR) is 157 cm³/mol. The molecule has 4 heterocycles. The van der Waals surface area contributed by atoms with Crippen molar-refractivity contribution >= 4 is 54.8 Å². The van der Waals surface area contributed by atoms with Gasteiger partial charge in [0.2, 0.25) is 0 Å². The van der Waals surface area contributed by atoms with Gasteiger partial charge in [-0.15, -0.1) is 21.8 Å². The van der Waals surface area contributed by atoms with Crippen LogP contribution in [0.2, 0.25) is 0 Å². The van der Waals surface area contributed by atoms with Crippen molar-refractivity contribution in [2.24, 2.45) is 0 Å². The lowest BCUT2D eigenvalue weighted by Crippen LogP contribution is -1.91. The van der Waals surface area contributed by atoms with E-state index in [1.165, 1.54) is 0 Å². The predicted octanol–water partition coefficient (Wildman–Crippen LogP) is 7.17. The normalized spacial score (nSPS) is 11.1. The van der Waals surface area contributed by atoms with Gasteiger partial charge in [0.05, 0.1) is 6.61 Å². The standard InChI is InChI=1S/C14H11BrClN3.C14H12BrN3O/c1-9-11(3-2-4-12(9)15)14-17-13-6-5-10(7-16)8-19(13)18-14;1-9-11(3-2-4-12(9)15)14-16-13-6-5-10(8-19)7-18(13)17-14/h2-6,8H,7H2,1H3;2-7,19H,8H2,1H3. The minimum absolute atomic E-state index is 0.00104. The van der Waals surface area contributed by atoms with Gasteiger partial charge in [-0.1, -0.05) is 68.3 Å². The van der Waals surface area contributed by atoms with Crippen LogP contribution in [0.25, 0.3) is 34.1 Å². The second kappa shape index (κ2) is 11.3. The molecule has 0 atom stereocenters. The van der Waals surface area contributed by atoms with Crippen LogP contribution in [-0.4, -0.2) is 34.3 Å². The Hall–Kier alpha value is -3.11. The SMILES string of the molecule is Cc1c(Br)cccc1-c1nc2ccc(CCl)cn2n1.Cc1c(Br)cccc1-c1nc2ccc(CO)cn2n1. The number of aromatic nitrogens is 6. The summed E-state index contributed by atoms with van der Waals surface area (Å²) in [7, 11) is 0. The van der Waals surface area contributed by atoms with E-state index in [-0.39, 0.29) is 6.61 Å². The van der Waals surface area contributed by atoms with Crippen molar-refractivity contribution in [2.45, 2.75) is 26.3 Å². The van der Waals surface area contributed by atoms with Crippen LogP contribution in [0.4, 0.5) is 0 Å². The van der Waals surface area contributed by atoms with Crippen molar-refractivity contribution in [3.05, 3.63) is 104 Å². The molecule has 10 heteroatoms. The summed E-state index contributed by atoms with van der Waals surface area (Å²) in [5.41, 5.74) is 7.71. The summed E-state index contributed by atoms with van der Waals surface area (Å²) in [6.45, 7) is 4.08. The van der Waals surface area contributed by atoms with Crippen LogP contribution in [0.1, 0.15) is 22.3 Å². The fraction of sp³-hybridized carbons (Fsp3) is 0.143. The van der Waals surface area contributed by atoms with Crippen LogP contribution < -0.4 is 0 Å². The first-order valence-corrected chi connectivity index (χ1v) is 13.9. The van der Waals surface area contributed by atoms with Crippen LogP contribution in [0.15, 0.2) is 82.0 Å². The number of benzene rings is 2. The first-order valence-electron chi connectivity index (χ1n) is 11.8. The number of aliphatic hydroxyl groups excluding tert-OH is 1. The van der Waals surface area contributed by atoms with E-state index < -0.39 is 0 Å². The Morgan fingerprint density at radius 3 is 1.66 bits per heavy atom. The van der Waals surface area contributed by atoms with Gasteiger partial charge in [0.15, 0.2) is 22.9 Å². The second-order valence-corrected chi connectivity index (χ2v) is 10.6. The van der Waals surface area contributed by atoms with Crippen LogP contribution >= 0.6 is 43.5 Å². The van der Waals surface area contributed by atoms with E-state index in [2.05, 4.69) is 58.9 Å². The van der Waals surface area contributed by atoms with Gasteiger partial charge in [0, 0.05) is 38.3 Å². The van der Waals surface area contributed by atoms with E-state index in [9.17, 15) is 0 Å². The summed E-state index contributed by atoms with van der Waals surface area (Å²) in [5, 5.41) is 18.1. The molecule has 0 amide bonds. The molecule has 0 bridgehead atoms. The van der Waals surface area contributed by atoms with Gasteiger partial charge in [-0.2, -0.15) is 0 Å². The number of aliphatic hydroxyl groups is 1. The number of rotatable bonds is 4. The molecular formula is C28H23Br2ClN6O. The Labute approximate surface area is 241 Å². The molecule has 7 nitrogen and oxygen atoms in total. The Morgan fingerprint density at radius 1 is 0.711 bits per heavy atom. The molecule has 0 fully saturated rings. The van der Waals surface area contributed by atoms with Gasteiger partial charge in [-0.25, -0.2) is 19.0 Å². The lowest BCUT2D eigenvalue weighted by molar-refractivity contribution is 0.281. The van der Waals surface area contributed by atoms with Crippen LogP contribution in [-0.2, 0) is 12.5 Å². The summed E-state index contributed by atoms with van der Waals surface area (Å²) in [6.07, 6.45) is 3.70. The molecule has 192 valence electrons. The van der Waals surface area contributed by atoms with Crippen LogP contribution in [0.5, 0.6) is 0 Å². The average Bonchev–Trinajstić information content (AvgIpc) is 3.55. The molecule has 0 aliphatic heterocycles. The fourth-order valence-electron chi connectivity index (χ4n) is 3.95. The Kier molecular flexibility index (Phi) is 7.90. The molecule has 0 radical (unpaired) electrons. The van der Waals surface area contributed by atoms with Crippen LogP contribution in [0.3, 0.4) is 0 Å². The second-order valence-electron chi connectivity index (χ2n) is 8.67. The van der Waals surface area contributed by atoms with Crippen LogP contribution in [0, 0.1) is 13.8 Å².